The average Bonchev–Trinajstić information content (AvgIpc) is 3.32. The number of carbonyl (C=O) groups is 1. The van der Waals surface area contributed by atoms with Crippen LogP contribution in [0.3, 0.4) is 0 Å². The van der Waals surface area contributed by atoms with E-state index in [0.717, 1.165) is 12.1 Å². The number of carbonyl (C=O) groups excluding carboxylic acids is 1. The molecule has 3 atom stereocenters. The summed E-state index contributed by atoms with van der Waals surface area (Å²) in [5.74, 6) is -2.83. The van der Waals surface area contributed by atoms with Crippen molar-refractivity contribution in [3.8, 4) is 0 Å². The number of benzene rings is 2. The summed E-state index contributed by atoms with van der Waals surface area (Å²) in [5.41, 5.74) is -1.27. The molecular weight excluding hydrogens is 419 g/mol. The van der Waals surface area contributed by atoms with Gasteiger partial charge in [0.1, 0.15) is 11.6 Å². The van der Waals surface area contributed by atoms with Crippen molar-refractivity contribution in [3.63, 3.8) is 0 Å². The Kier molecular flexibility index (Phi) is 5.37. The van der Waals surface area contributed by atoms with E-state index in [-0.39, 0.29) is 17.7 Å². The van der Waals surface area contributed by atoms with Crippen LogP contribution in [0.2, 0.25) is 0 Å². The maximum atomic E-state index is 14.4. The van der Waals surface area contributed by atoms with E-state index in [9.17, 15) is 26.7 Å². The monoisotopic (exact) mass is 438 g/mol. The minimum absolute atomic E-state index is 0.107. The summed E-state index contributed by atoms with van der Waals surface area (Å²) < 4.78 is 78.2. The van der Waals surface area contributed by atoms with Gasteiger partial charge in [-0.2, -0.15) is 13.2 Å². The Balaban J connectivity index is 1.78. The molecule has 4 rings (SSSR count). The van der Waals surface area contributed by atoms with Crippen molar-refractivity contribution in [1.29, 1.82) is 0 Å². The fourth-order valence-electron chi connectivity index (χ4n) is 4.65. The number of hydrogen-bond acceptors (Lipinski definition) is 3. The Labute approximate surface area is 175 Å². The number of halogens is 5. The summed E-state index contributed by atoms with van der Waals surface area (Å²) in [6, 6.07) is 7.86. The minimum atomic E-state index is -4.61. The first-order valence-electron chi connectivity index (χ1n) is 9.71. The lowest BCUT2D eigenvalue weighted by molar-refractivity contribution is -0.146. The van der Waals surface area contributed by atoms with Crippen molar-refractivity contribution < 1.29 is 36.2 Å². The van der Waals surface area contributed by atoms with Gasteiger partial charge in [-0.05, 0) is 60.4 Å². The molecule has 0 N–H and O–H groups in total. The maximum absolute atomic E-state index is 14.4. The van der Waals surface area contributed by atoms with Gasteiger partial charge >= 0.3 is 12.1 Å². The summed E-state index contributed by atoms with van der Waals surface area (Å²) in [7, 11) is 1.27. The van der Waals surface area contributed by atoms with Gasteiger partial charge in [0.05, 0.1) is 30.8 Å². The molecule has 1 aliphatic carbocycles. The summed E-state index contributed by atoms with van der Waals surface area (Å²) in [6.07, 6.45) is -2.20. The molecule has 1 aliphatic heterocycles. The van der Waals surface area contributed by atoms with Crippen molar-refractivity contribution in [2.24, 2.45) is 5.92 Å². The first-order chi connectivity index (χ1) is 14.6. The van der Waals surface area contributed by atoms with E-state index in [4.69, 9.17) is 9.47 Å². The van der Waals surface area contributed by atoms with E-state index >= 15 is 0 Å². The number of alkyl halides is 3. The van der Waals surface area contributed by atoms with E-state index in [1.54, 1.807) is 18.2 Å². The van der Waals surface area contributed by atoms with Crippen LogP contribution in [0.4, 0.5) is 22.0 Å². The fraction of sp³-hybridized carbons (Fsp3) is 0.348. The Morgan fingerprint density at radius 2 is 1.84 bits per heavy atom. The van der Waals surface area contributed by atoms with Crippen LogP contribution < -0.4 is 0 Å². The number of rotatable bonds is 3. The summed E-state index contributed by atoms with van der Waals surface area (Å²) in [5, 5.41) is 0. The van der Waals surface area contributed by atoms with Crippen molar-refractivity contribution in [1.82, 2.24) is 0 Å². The lowest BCUT2D eigenvalue weighted by Gasteiger charge is -2.31. The van der Waals surface area contributed by atoms with Crippen LogP contribution in [0.5, 0.6) is 0 Å². The van der Waals surface area contributed by atoms with Crippen LogP contribution in [0.15, 0.2) is 48.5 Å². The minimum Gasteiger partial charge on any atom is -0.469 e. The second kappa shape index (κ2) is 7.75. The Morgan fingerprint density at radius 3 is 2.48 bits per heavy atom. The molecule has 0 bridgehead atoms. The molecule has 2 aromatic carbocycles. The van der Waals surface area contributed by atoms with Gasteiger partial charge in [-0.15, -0.1) is 0 Å². The second-order valence-electron chi connectivity index (χ2n) is 7.80. The lowest BCUT2D eigenvalue weighted by Crippen LogP contribution is -2.34. The standard InChI is InChI=1S/C23H19F5O3/c1-30-21(29)17-8-9-22(20(17)13-2-5-16(24)6-3-13)11-14(12-31-22)18-10-15(23(26,27)28)4-7-19(18)25/h2-7,10-11,17,20H,8-9,12H2,1H3/t17-,20+,22+/m0/s1. The molecule has 8 heteroatoms. The largest absolute Gasteiger partial charge is 0.469 e. The van der Waals surface area contributed by atoms with Crippen molar-refractivity contribution in [2.75, 3.05) is 13.7 Å². The molecule has 0 unspecified atom stereocenters. The number of hydrogen-bond donors (Lipinski definition) is 0. The molecule has 0 saturated heterocycles. The van der Waals surface area contributed by atoms with E-state index in [1.165, 1.54) is 19.2 Å². The molecule has 0 aromatic heterocycles. The molecule has 1 fully saturated rings. The van der Waals surface area contributed by atoms with Gasteiger partial charge in [0.25, 0.3) is 0 Å². The zero-order valence-corrected chi connectivity index (χ0v) is 16.5. The summed E-state index contributed by atoms with van der Waals surface area (Å²) >= 11 is 0. The van der Waals surface area contributed by atoms with Crippen LogP contribution in [-0.2, 0) is 20.4 Å². The molecule has 1 spiro atoms. The van der Waals surface area contributed by atoms with Gasteiger partial charge in [0.2, 0.25) is 0 Å². The molecule has 0 radical (unpaired) electrons. The highest BCUT2D eigenvalue weighted by atomic mass is 19.4. The molecule has 3 nitrogen and oxygen atoms in total. The van der Waals surface area contributed by atoms with Gasteiger partial charge in [-0.1, -0.05) is 12.1 Å². The van der Waals surface area contributed by atoms with E-state index in [0.29, 0.717) is 24.5 Å². The van der Waals surface area contributed by atoms with E-state index < -0.39 is 46.8 Å². The predicted octanol–water partition coefficient (Wildman–Crippen LogP) is 5.50. The van der Waals surface area contributed by atoms with Gasteiger partial charge in [-0.25, -0.2) is 8.78 Å². The number of ether oxygens (including phenoxy) is 2. The highest BCUT2D eigenvalue weighted by Gasteiger charge is 2.54. The summed E-state index contributed by atoms with van der Waals surface area (Å²) in [6.45, 7) is -0.107. The zero-order valence-electron chi connectivity index (χ0n) is 16.5. The molecule has 1 heterocycles. The molecule has 2 aromatic rings. The first kappa shape index (κ1) is 21.5. The SMILES string of the molecule is COC(=O)[C@H]1CC[C@@]2(C=C(c3cc(C(F)(F)F)ccc3F)CO2)[C@@H]1c1ccc(F)cc1. The third-order valence-corrected chi connectivity index (χ3v) is 6.06. The van der Waals surface area contributed by atoms with Crippen LogP contribution in [-0.4, -0.2) is 25.3 Å². The summed E-state index contributed by atoms with van der Waals surface area (Å²) in [4.78, 5) is 12.4. The Bertz CT molecular complexity index is 1030. The number of esters is 1. The molecule has 0 amide bonds. The quantitative estimate of drug-likeness (QED) is 0.469. The normalized spacial score (nSPS) is 25.7. The van der Waals surface area contributed by atoms with Crippen LogP contribution >= 0.6 is 0 Å². The van der Waals surface area contributed by atoms with Crippen LogP contribution in [0.25, 0.3) is 5.57 Å². The van der Waals surface area contributed by atoms with Crippen molar-refractivity contribution >= 4 is 11.5 Å². The second-order valence-corrected chi connectivity index (χ2v) is 7.80. The number of methoxy groups -OCH3 is 1. The lowest BCUT2D eigenvalue weighted by atomic mass is 9.79. The third-order valence-electron chi connectivity index (χ3n) is 6.06. The van der Waals surface area contributed by atoms with Gasteiger partial charge in [-0.3, -0.25) is 4.79 Å². The molecule has 31 heavy (non-hydrogen) atoms. The van der Waals surface area contributed by atoms with Gasteiger partial charge in [0.15, 0.2) is 0 Å². The third kappa shape index (κ3) is 3.84. The fourth-order valence-corrected chi connectivity index (χ4v) is 4.65. The molecule has 1 saturated carbocycles. The van der Waals surface area contributed by atoms with Crippen LogP contribution in [0.1, 0.15) is 35.4 Å². The van der Waals surface area contributed by atoms with Gasteiger partial charge in [0, 0.05) is 11.5 Å². The van der Waals surface area contributed by atoms with E-state index in [1.807, 2.05) is 0 Å². The maximum Gasteiger partial charge on any atom is 0.416 e. The zero-order chi connectivity index (χ0) is 22.4. The van der Waals surface area contributed by atoms with Crippen LogP contribution in [0, 0.1) is 17.6 Å². The Morgan fingerprint density at radius 1 is 1.13 bits per heavy atom. The van der Waals surface area contributed by atoms with Crippen molar-refractivity contribution in [3.05, 3.63) is 76.9 Å². The first-order valence-corrected chi connectivity index (χ1v) is 9.71. The van der Waals surface area contributed by atoms with Gasteiger partial charge < -0.3 is 9.47 Å². The highest BCUT2D eigenvalue weighted by Crippen LogP contribution is 2.54. The molecular formula is C23H19F5O3. The molecule has 2 aliphatic rings. The average molecular weight is 438 g/mol. The van der Waals surface area contributed by atoms with E-state index in [2.05, 4.69) is 0 Å². The highest BCUT2D eigenvalue weighted by molar-refractivity contribution is 5.76. The smallest absolute Gasteiger partial charge is 0.416 e. The Hall–Kier alpha value is -2.74. The van der Waals surface area contributed by atoms with Crippen molar-refractivity contribution in [2.45, 2.75) is 30.5 Å². The molecule has 164 valence electrons. The topological polar surface area (TPSA) is 35.5 Å². The predicted molar refractivity (Wildman–Crippen MR) is 102 cm³/mol.